The van der Waals surface area contributed by atoms with Gasteiger partial charge in [-0.25, -0.2) is 0 Å². The number of carboxylic acids is 1. The first-order valence-electron chi connectivity index (χ1n) is 3.98. The van der Waals surface area contributed by atoms with Gasteiger partial charge in [-0.1, -0.05) is 6.92 Å². The van der Waals surface area contributed by atoms with Gasteiger partial charge < -0.3 is 10.8 Å². The van der Waals surface area contributed by atoms with E-state index in [2.05, 4.69) is 0 Å². The summed E-state index contributed by atoms with van der Waals surface area (Å²) in [6.07, 6.45) is -0.973. The highest BCUT2D eigenvalue weighted by atomic mass is 19.3. The van der Waals surface area contributed by atoms with E-state index in [1.807, 2.05) is 0 Å². The van der Waals surface area contributed by atoms with E-state index in [1.54, 1.807) is 6.92 Å². The van der Waals surface area contributed by atoms with E-state index >= 15 is 0 Å². The molecule has 76 valence electrons. The SMILES string of the molecule is CC[C@H](C(=O)O)C(C=C(F)F)CN. The summed E-state index contributed by atoms with van der Waals surface area (Å²) >= 11 is 0. The van der Waals surface area contributed by atoms with Gasteiger partial charge in [0.1, 0.15) is 0 Å². The number of hydrogen-bond donors (Lipinski definition) is 2. The molecule has 3 nitrogen and oxygen atoms in total. The number of rotatable bonds is 5. The average molecular weight is 193 g/mol. The van der Waals surface area contributed by atoms with Gasteiger partial charge in [0, 0.05) is 5.92 Å². The van der Waals surface area contributed by atoms with Gasteiger partial charge in [0.2, 0.25) is 0 Å². The molecule has 3 N–H and O–H groups in total. The maximum Gasteiger partial charge on any atom is 0.307 e. The summed E-state index contributed by atoms with van der Waals surface area (Å²) in [5.41, 5.74) is 5.19. The van der Waals surface area contributed by atoms with Crippen molar-refractivity contribution in [2.24, 2.45) is 17.6 Å². The molecule has 0 saturated heterocycles. The maximum atomic E-state index is 11.8. The van der Waals surface area contributed by atoms with Gasteiger partial charge in [0.25, 0.3) is 6.08 Å². The van der Waals surface area contributed by atoms with E-state index in [4.69, 9.17) is 10.8 Å². The fourth-order valence-electron chi connectivity index (χ4n) is 1.17. The van der Waals surface area contributed by atoms with Crippen molar-refractivity contribution < 1.29 is 18.7 Å². The van der Waals surface area contributed by atoms with Gasteiger partial charge in [-0.2, -0.15) is 8.78 Å². The molecule has 0 amide bonds. The second-order valence-electron chi connectivity index (χ2n) is 2.71. The zero-order chi connectivity index (χ0) is 10.4. The minimum Gasteiger partial charge on any atom is -0.481 e. The van der Waals surface area contributed by atoms with Crippen molar-refractivity contribution in [2.45, 2.75) is 13.3 Å². The second kappa shape index (κ2) is 5.64. The van der Waals surface area contributed by atoms with Gasteiger partial charge in [-0.3, -0.25) is 4.79 Å². The molecule has 0 aromatic carbocycles. The third-order valence-corrected chi connectivity index (χ3v) is 1.89. The van der Waals surface area contributed by atoms with Crippen molar-refractivity contribution in [3.8, 4) is 0 Å². The molecule has 1 unspecified atom stereocenters. The number of carboxylic acid groups (broad SMARTS) is 1. The van der Waals surface area contributed by atoms with Crippen LogP contribution in [0.15, 0.2) is 12.2 Å². The van der Waals surface area contributed by atoms with Crippen LogP contribution in [0.5, 0.6) is 0 Å². The molecule has 0 fully saturated rings. The van der Waals surface area contributed by atoms with E-state index < -0.39 is 23.9 Å². The Bertz CT molecular complexity index is 202. The van der Waals surface area contributed by atoms with Gasteiger partial charge in [0.15, 0.2) is 0 Å². The van der Waals surface area contributed by atoms with Crippen molar-refractivity contribution >= 4 is 5.97 Å². The highest BCUT2D eigenvalue weighted by Gasteiger charge is 2.24. The smallest absolute Gasteiger partial charge is 0.307 e. The molecule has 2 atom stereocenters. The number of nitrogens with two attached hydrogens (primary N) is 1. The van der Waals surface area contributed by atoms with E-state index in [-0.39, 0.29) is 6.54 Å². The van der Waals surface area contributed by atoms with Gasteiger partial charge in [0.05, 0.1) is 5.92 Å². The normalized spacial score (nSPS) is 14.8. The van der Waals surface area contributed by atoms with Crippen molar-refractivity contribution in [1.82, 2.24) is 0 Å². The van der Waals surface area contributed by atoms with E-state index in [0.29, 0.717) is 12.5 Å². The van der Waals surface area contributed by atoms with Crippen LogP contribution in [0, 0.1) is 11.8 Å². The van der Waals surface area contributed by atoms with Crippen LogP contribution in [0.2, 0.25) is 0 Å². The molecule has 0 aromatic heterocycles. The van der Waals surface area contributed by atoms with E-state index in [1.165, 1.54) is 0 Å². The Kier molecular flexibility index (Phi) is 5.22. The summed E-state index contributed by atoms with van der Waals surface area (Å²) in [5.74, 6) is -2.70. The third kappa shape index (κ3) is 3.98. The fraction of sp³-hybridized carbons (Fsp3) is 0.625. The number of carbonyl (C=O) groups is 1. The molecule has 0 bridgehead atoms. The van der Waals surface area contributed by atoms with Crippen LogP contribution in [-0.2, 0) is 4.79 Å². The summed E-state index contributed by atoms with van der Waals surface area (Å²) in [4.78, 5) is 10.6. The Morgan fingerprint density at radius 1 is 1.62 bits per heavy atom. The second-order valence-corrected chi connectivity index (χ2v) is 2.71. The van der Waals surface area contributed by atoms with Crippen LogP contribution < -0.4 is 5.73 Å². The van der Waals surface area contributed by atoms with E-state index in [0.717, 1.165) is 0 Å². The van der Waals surface area contributed by atoms with Crippen molar-refractivity contribution in [1.29, 1.82) is 0 Å². The Balaban J connectivity index is 4.53. The zero-order valence-electron chi connectivity index (χ0n) is 7.34. The molecule has 0 spiro atoms. The zero-order valence-corrected chi connectivity index (χ0v) is 7.34. The molecule has 5 heteroatoms. The summed E-state index contributed by atoms with van der Waals surface area (Å²) in [7, 11) is 0. The lowest BCUT2D eigenvalue weighted by atomic mass is 9.90. The van der Waals surface area contributed by atoms with Crippen LogP contribution in [-0.4, -0.2) is 17.6 Å². The average Bonchev–Trinajstić information content (AvgIpc) is 2.02. The lowest BCUT2D eigenvalue weighted by molar-refractivity contribution is -0.143. The highest BCUT2D eigenvalue weighted by Crippen LogP contribution is 2.19. The Hall–Kier alpha value is -0.970. The highest BCUT2D eigenvalue weighted by molar-refractivity contribution is 5.70. The minimum atomic E-state index is -1.88. The van der Waals surface area contributed by atoms with Crippen molar-refractivity contribution in [2.75, 3.05) is 6.54 Å². The Labute approximate surface area is 75.2 Å². The summed E-state index contributed by atoms with van der Waals surface area (Å²) < 4.78 is 23.7. The molecule has 0 aliphatic carbocycles. The Morgan fingerprint density at radius 2 is 2.15 bits per heavy atom. The molecule has 0 saturated carbocycles. The molecular weight excluding hydrogens is 180 g/mol. The number of halogens is 2. The van der Waals surface area contributed by atoms with Crippen LogP contribution in [0.1, 0.15) is 13.3 Å². The molecule has 0 aliphatic rings. The quantitative estimate of drug-likeness (QED) is 0.694. The largest absolute Gasteiger partial charge is 0.481 e. The first-order valence-corrected chi connectivity index (χ1v) is 3.98. The molecule has 0 rings (SSSR count). The molecule has 0 radical (unpaired) electrons. The third-order valence-electron chi connectivity index (χ3n) is 1.89. The lowest BCUT2D eigenvalue weighted by Crippen LogP contribution is -2.27. The van der Waals surface area contributed by atoms with E-state index in [9.17, 15) is 13.6 Å². The standard InChI is InChI=1S/C8H13F2NO2/c1-2-6(8(12)13)5(4-11)3-7(9)10/h3,5-6H,2,4,11H2,1H3,(H,12,13)/t5?,6-/m0/s1. The summed E-state index contributed by atoms with van der Waals surface area (Å²) in [6.45, 7) is 1.55. The lowest BCUT2D eigenvalue weighted by Gasteiger charge is -2.16. The first-order chi connectivity index (χ1) is 6.02. The molecule has 0 aliphatic heterocycles. The summed E-state index contributed by atoms with van der Waals surface area (Å²) in [5, 5.41) is 8.66. The molecule has 13 heavy (non-hydrogen) atoms. The number of aliphatic carboxylic acids is 1. The maximum absolute atomic E-state index is 11.8. The van der Waals surface area contributed by atoms with Crippen molar-refractivity contribution in [3.63, 3.8) is 0 Å². The van der Waals surface area contributed by atoms with Crippen LogP contribution >= 0.6 is 0 Å². The van der Waals surface area contributed by atoms with Gasteiger partial charge >= 0.3 is 5.97 Å². The molecule has 0 heterocycles. The van der Waals surface area contributed by atoms with Crippen LogP contribution in [0.3, 0.4) is 0 Å². The summed E-state index contributed by atoms with van der Waals surface area (Å²) in [6, 6.07) is 0. The first kappa shape index (κ1) is 12.0. The van der Waals surface area contributed by atoms with Gasteiger partial charge in [-0.15, -0.1) is 0 Å². The number of hydrogen-bond acceptors (Lipinski definition) is 2. The Morgan fingerprint density at radius 3 is 2.38 bits per heavy atom. The fourth-order valence-corrected chi connectivity index (χ4v) is 1.17. The molecule has 0 aromatic rings. The van der Waals surface area contributed by atoms with Crippen LogP contribution in [0.4, 0.5) is 8.78 Å². The van der Waals surface area contributed by atoms with Gasteiger partial charge in [-0.05, 0) is 19.0 Å². The van der Waals surface area contributed by atoms with Crippen LogP contribution in [0.25, 0.3) is 0 Å². The van der Waals surface area contributed by atoms with Crippen molar-refractivity contribution in [3.05, 3.63) is 12.2 Å². The molecular formula is C8H13F2NO2. The monoisotopic (exact) mass is 193 g/mol. The predicted molar refractivity (Wildman–Crippen MR) is 44.3 cm³/mol. The topological polar surface area (TPSA) is 63.3 Å². The minimum absolute atomic E-state index is 0.0812. The predicted octanol–water partition coefficient (Wildman–Crippen LogP) is 1.45.